The Balaban J connectivity index is 1.43. The van der Waals surface area contributed by atoms with Gasteiger partial charge in [0.05, 0.1) is 5.60 Å². The maximum atomic E-state index is 14.2. The van der Waals surface area contributed by atoms with Gasteiger partial charge < -0.3 is 14.9 Å². The number of nitrogens with zero attached hydrogens (tertiary/aromatic N) is 2. The van der Waals surface area contributed by atoms with Gasteiger partial charge in [-0.3, -0.25) is 4.79 Å². The lowest BCUT2D eigenvalue weighted by Crippen LogP contribution is -2.53. The maximum absolute atomic E-state index is 14.2. The Kier molecular flexibility index (Phi) is 6.77. The van der Waals surface area contributed by atoms with Crippen molar-refractivity contribution < 1.29 is 9.90 Å². The zero-order valence-corrected chi connectivity index (χ0v) is 20.7. The van der Waals surface area contributed by atoms with Crippen molar-refractivity contribution in [3.63, 3.8) is 0 Å². The number of hydrogen-bond donors (Lipinski definition) is 1. The van der Waals surface area contributed by atoms with Gasteiger partial charge in [-0.15, -0.1) is 0 Å². The van der Waals surface area contributed by atoms with Crippen LogP contribution in [-0.4, -0.2) is 47.0 Å². The number of piperidine rings is 1. The van der Waals surface area contributed by atoms with Crippen LogP contribution in [-0.2, 0) is 22.4 Å². The molecule has 2 heterocycles. The molecule has 3 aromatic carbocycles. The fourth-order valence-corrected chi connectivity index (χ4v) is 6.08. The molecule has 4 heteroatoms. The first-order valence-corrected chi connectivity index (χ1v) is 13.0. The highest BCUT2D eigenvalue weighted by Crippen LogP contribution is 2.44. The van der Waals surface area contributed by atoms with Crippen LogP contribution < -0.4 is 0 Å². The number of rotatable bonds is 7. The first-order chi connectivity index (χ1) is 17.1. The highest BCUT2D eigenvalue weighted by molar-refractivity contribution is 5.94. The topological polar surface area (TPSA) is 43.8 Å². The number of fused-ring (bicyclic) bond motifs is 1. The molecular formula is C31H36N2O2. The minimum atomic E-state index is -0.764. The molecule has 3 aromatic rings. The molecule has 0 aliphatic carbocycles. The Morgan fingerprint density at radius 3 is 2.06 bits per heavy atom. The number of carbonyl (C=O) groups is 1. The quantitative estimate of drug-likeness (QED) is 0.525. The second-order valence-electron chi connectivity index (χ2n) is 10.1. The molecule has 0 bridgehead atoms. The van der Waals surface area contributed by atoms with Gasteiger partial charge in [-0.25, -0.2) is 0 Å². The molecule has 0 aromatic heterocycles. The normalized spacial score (nSPS) is 22.1. The van der Waals surface area contributed by atoms with Crippen LogP contribution in [0.15, 0.2) is 84.9 Å². The molecule has 1 saturated heterocycles. The van der Waals surface area contributed by atoms with Crippen LogP contribution in [0.1, 0.15) is 54.9 Å². The maximum Gasteiger partial charge on any atom is 0.238 e. The van der Waals surface area contributed by atoms with E-state index >= 15 is 0 Å². The fourth-order valence-electron chi connectivity index (χ4n) is 6.08. The van der Waals surface area contributed by atoms with Crippen molar-refractivity contribution in [2.24, 2.45) is 0 Å². The summed E-state index contributed by atoms with van der Waals surface area (Å²) in [6.45, 7) is 6.07. The summed E-state index contributed by atoms with van der Waals surface area (Å²) in [6, 6.07) is 28.9. The van der Waals surface area contributed by atoms with Crippen molar-refractivity contribution in [1.82, 2.24) is 9.80 Å². The fraction of sp³-hybridized carbons (Fsp3) is 0.387. The molecule has 0 saturated carbocycles. The van der Waals surface area contributed by atoms with E-state index in [2.05, 4.69) is 53.1 Å². The second kappa shape index (κ2) is 9.96. The van der Waals surface area contributed by atoms with Crippen LogP contribution in [0.3, 0.4) is 0 Å². The van der Waals surface area contributed by atoms with Crippen molar-refractivity contribution in [1.29, 1.82) is 0 Å². The Morgan fingerprint density at radius 2 is 1.40 bits per heavy atom. The molecule has 1 atom stereocenters. The van der Waals surface area contributed by atoms with Crippen LogP contribution in [0.25, 0.3) is 0 Å². The number of benzene rings is 3. The van der Waals surface area contributed by atoms with Crippen molar-refractivity contribution in [3.05, 3.63) is 107 Å². The van der Waals surface area contributed by atoms with Gasteiger partial charge in [-0.2, -0.15) is 0 Å². The van der Waals surface area contributed by atoms with Crippen LogP contribution >= 0.6 is 0 Å². The molecule has 0 spiro atoms. The van der Waals surface area contributed by atoms with E-state index in [0.717, 1.165) is 55.7 Å². The number of amides is 1. The monoisotopic (exact) mass is 468 g/mol. The molecule has 5 rings (SSSR count). The van der Waals surface area contributed by atoms with Gasteiger partial charge in [0.1, 0.15) is 5.41 Å². The summed E-state index contributed by atoms with van der Waals surface area (Å²) in [6.07, 6.45) is 3.10. The van der Waals surface area contributed by atoms with Gasteiger partial charge in [0.2, 0.25) is 5.91 Å². The molecule has 2 aliphatic rings. The third-order valence-corrected chi connectivity index (χ3v) is 8.05. The number of hydrogen-bond acceptors (Lipinski definition) is 3. The van der Waals surface area contributed by atoms with Gasteiger partial charge >= 0.3 is 0 Å². The SMILES string of the molecule is CCCN1Cc2ccccc2C(CCN2CCC(O)(c3ccccc3)CC2)(c2ccccc2)C1=O. The van der Waals surface area contributed by atoms with Crippen molar-refractivity contribution in [2.45, 2.75) is 50.2 Å². The second-order valence-corrected chi connectivity index (χ2v) is 10.1. The van der Waals surface area contributed by atoms with E-state index in [1.807, 2.05) is 48.5 Å². The summed E-state index contributed by atoms with van der Waals surface area (Å²) < 4.78 is 0. The van der Waals surface area contributed by atoms with Crippen molar-refractivity contribution in [3.8, 4) is 0 Å². The zero-order valence-electron chi connectivity index (χ0n) is 20.7. The average molecular weight is 469 g/mol. The van der Waals surface area contributed by atoms with Crippen LogP contribution in [0.4, 0.5) is 0 Å². The van der Waals surface area contributed by atoms with E-state index in [-0.39, 0.29) is 5.91 Å². The first kappa shape index (κ1) is 23.8. The third kappa shape index (κ3) is 4.41. The summed E-state index contributed by atoms with van der Waals surface area (Å²) in [5, 5.41) is 11.3. The summed E-state index contributed by atoms with van der Waals surface area (Å²) in [4.78, 5) is 18.7. The summed E-state index contributed by atoms with van der Waals surface area (Å²) >= 11 is 0. The molecular weight excluding hydrogens is 432 g/mol. The van der Waals surface area contributed by atoms with Crippen LogP contribution in [0.5, 0.6) is 0 Å². The molecule has 1 fully saturated rings. The van der Waals surface area contributed by atoms with E-state index < -0.39 is 11.0 Å². The van der Waals surface area contributed by atoms with Crippen molar-refractivity contribution >= 4 is 5.91 Å². The Hall–Kier alpha value is -2.95. The average Bonchev–Trinajstić information content (AvgIpc) is 2.91. The van der Waals surface area contributed by atoms with Gasteiger partial charge in [0, 0.05) is 26.2 Å². The Morgan fingerprint density at radius 1 is 0.800 bits per heavy atom. The van der Waals surface area contributed by atoms with E-state index in [1.54, 1.807) is 0 Å². The van der Waals surface area contributed by atoms with Gasteiger partial charge in [-0.05, 0) is 54.5 Å². The zero-order chi connectivity index (χ0) is 24.3. The smallest absolute Gasteiger partial charge is 0.238 e. The standard InChI is InChI=1S/C31H36N2O2/c1-2-20-33-24-25-11-9-10-16-28(25)31(29(33)34,27-14-7-4-8-15-27)19-23-32-21-17-30(35,18-22-32)26-12-5-3-6-13-26/h3-16,35H,2,17-24H2,1H3. The Labute approximate surface area is 209 Å². The summed E-state index contributed by atoms with van der Waals surface area (Å²) in [5.41, 5.74) is 3.05. The van der Waals surface area contributed by atoms with Crippen LogP contribution in [0.2, 0.25) is 0 Å². The molecule has 0 radical (unpaired) electrons. The molecule has 1 unspecified atom stereocenters. The minimum absolute atomic E-state index is 0.224. The van der Waals surface area contributed by atoms with E-state index in [0.29, 0.717) is 19.4 Å². The Bertz CT molecular complexity index is 1140. The van der Waals surface area contributed by atoms with Gasteiger partial charge in [-0.1, -0.05) is 91.9 Å². The molecule has 1 amide bonds. The highest BCUT2D eigenvalue weighted by atomic mass is 16.3. The third-order valence-electron chi connectivity index (χ3n) is 8.05. The van der Waals surface area contributed by atoms with Gasteiger partial charge in [0.15, 0.2) is 0 Å². The minimum Gasteiger partial charge on any atom is -0.385 e. The molecule has 4 nitrogen and oxygen atoms in total. The van der Waals surface area contributed by atoms with E-state index in [4.69, 9.17) is 0 Å². The predicted octanol–water partition coefficient (Wildman–Crippen LogP) is 5.10. The molecule has 35 heavy (non-hydrogen) atoms. The van der Waals surface area contributed by atoms with Crippen molar-refractivity contribution in [2.75, 3.05) is 26.2 Å². The summed E-state index contributed by atoms with van der Waals surface area (Å²) in [7, 11) is 0. The number of aliphatic hydroxyl groups is 1. The largest absolute Gasteiger partial charge is 0.385 e. The number of likely N-dealkylation sites (tertiary alicyclic amines) is 1. The molecule has 1 N–H and O–H groups in total. The van der Waals surface area contributed by atoms with E-state index in [9.17, 15) is 9.90 Å². The predicted molar refractivity (Wildman–Crippen MR) is 140 cm³/mol. The highest BCUT2D eigenvalue weighted by Gasteiger charge is 2.48. The van der Waals surface area contributed by atoms with E-state index in [1.165, 1.54) is 5.56 Å². The van der Waals surface area contributed by atoms with Gasteiger partial charge in [0.25, 0.3) is 0 Å². The lowest BCUT2D eigenvalue weighted by molar-refractivity contribution is -0.138. The lowest BCUT2D eigenvalue weighted by atomic mass is 9.67. The summed E-state index contributed by atoms with van der Waals surface area (Å²) in [5.74, 6) is 0.224. The molecule has 2 aliphatic heterocycles. The number of carbonyl (C=O) groups excluding carboxylic acids is 1. The lowest BCUT2D eigenvalue weighted by Gasteiger charge is -2.45. The molecule has 182 valence electrons. The first-order valence-electron chi connectivity index (χ1n) is 13.0. The van der Waals surface area contributed by atoms with Crippen LogP contribution in [0, 0.1) is 0 Å².